The van der Waals surface area contributed by atoms with E-state index >= 15 is 0 Å². The topological polar surface area (TPSA) is 0 Å². The van der Waals surface area contributed by atoms with Gasteiger partial charge in [0, 0.05) is 0 Å². The van der Waals surface area contributed by atoms with E-state index in [4.69, 9.17) is 0 Å². The summed E-state index contributed by atoms with van der Waals surface area (Å²) in [5.74, 6) is 0. The maximum absolute atomic E-state index is 2.50. The van der Waals surface area contributed by atoms with E-state index in [9.17, 15) is 0 Å². The minimum atomic E-state index is -0.101. The van der Waals surface area contributed by atoms with Crippen LogP contribution in [0.3, 0.4) is 0 Å². The molecule has 1 aliphatic carbocycles. The molecule has 0 saturated heterocycles. The zero-order valence-electron chi connectivity index (χ0n) is 18.1. The van der Waals surface area contributed by atoms with Gasteiger partial charge in [-0.25, -0.2) is 0 Å². The molecule has 0 spiro atoms. The van der Waals surface area contributed by atoms with Crippen molar-refractivity contribution in [2.75, 3.05) is 0 Å². The second-order valence-corrected chi connectivity index (χ2v) is 9.20. The van der Waals surface area contributed by atoms with Crippen molar-refractivity contribution >= 4 is 5.57 Å². The van der Waals surface area contributed by atoms with Gasteiger partial charge in [-0.05, 0) is 0 Å². The van der Waals surface area contributed by atoms with E-state index in [2.05, 4.69) is 137 Å². The first kappa shape index (κ1) is 28.8. The Balaban J connectivity index is 0.00000171. The van der Waals surface area contributed by atoms with E-state index < -0.39 is 0 Å². The molecule has 4 heteroatoms. The third-order valence-electron chi connectivity index (χ3n) is 6.16. The Morgan fingerprint density at radius 3 is 1.66 bits per heavy atom. The molecule has 0 N–H and O–H groups in total. The van der Waals surface area contributed by atoms with Gasteiger partial charge in [-0.2, -0.15) is 0 Å². The third kappa shape index (κ3) is 5.44. The minimum absolute atomic E-state index is 0. The number of rotatable bonds is 7. The summed E-state index contributed by atoms with van der Waals surface area (Å²) in [5.41, 5.74) is 5.31. The Hall–Kier alpha value is -1.28. The second-order valence-electron chi connectivity index (χ2n) is 7.91. The van der Waals surface area contributed by atoms with E-state index in [0.717, 1.165) is 6.42 Å². The molecule has 32 heavy (non-hydrogen) atoms. The molecule has 3 aromatic rings. The standard InChI is InChI=1S/C28H27.3ClH.Ti/c1-2-3-21-28(25-15-9-5-10-16-25,26-17-11-6-12-18-26)27-20-19-24(22-27)23-13-7-4-8-14-23;;;;/h4-20,22H,2-3,21H2,1H3;3*1H;/q;;;;+3/p-3. The van der Waals surface area contributed by atoms with E-state index in [1.165, 1.54) is 35.1 Å². The van der Waals surface area contributed by atoms with Crippen LogP contribution in [0.1, 0.15) is 42.9 Å². The van der Waals surface area contributed by atoms with E-state index in [1.807, 2.05) is 0 Å². The normalized spacial score (nSPS) is 16.9. The Morgan fingerprint density at radius 1 is 0.719 bits per heavy atom. The van der Waals surface area contributed by atoms with Crippen molar-refractivity contribution in [3.63, 3.8) is 0 Å². The number of halogens is 3. The first-order chi connectivity index (χ1) is 14.2. The first-order valence-corrected chi connectivity index (χ1v) is 11.3. The fraction of sp³-hybridized carbons (Fsp3) is 0.214. The number of hydrogen-bond donors (Lipinski definition) is 0. The molecule has 0 bridgehead atoms. The van der Waals surface area contributed by atoms with Gasteiger partial charge in [0.25, 0.3) is 0 Å². The van der Waals surface area contributed by atoms with Gasteiger partial charge >= 0.3 is 187 Å². The maximum atomic E-state index is 2.50. The van der Waals surface area contributed by atoms with Gasteiger partial charge in [0.15, 0.2) is 0 Å². The number of benzene rings is 3. The van der Waals surface area contributed by atoms with Crippen LogP contribution < -0.4 is 37.2 Å². The van der Waals surface area contributed by atoms with Crippen LogP contribution in [-0.4, -0.2) is 0 Å². The molecule has 0 aromatic heterocycles. The van der Waals surface area contributed by atoms with Crippen LogP contribution in [0, 0.1) is 0 Å². The minimum Gasteiger partial charge on any atom is -1.00 e. The SMILES string of the molecule is CCCCC(c1ccccc1)(c1ccccc1)[C]1([Ti+3])C=CC(c2ccccc2)=C1.[Cl-].[Cl-].[Cl-]. The first-order valence-electron chi connectivity index (χ1n) is 10.5. The molecule has 0 heterocycles. The van der Waals surface area contributed by atoms with Crippen LogP contribution in [0.5, 0.6) is 0 Å². The molecule has 0 amide bonds. The Bertz CT molecular complexity index is 961. The molecule has 1 aliphatic rings. The summed E-state index contributed by atoms with van der Waals surface area (Å²) in [5, 5.41) is 0. The van der Waals surface area contributed by atoms with E-state index in [0.29, 0.717) is 0 Å². The molecule has 164 valence electrons. The van der Waals surface area contributed by atoms with E-state index in [1.54, 1.807) is 0 Å². The predicted molar refractivity (Wildman–Crippen MR) is 119 cm³/mol. The van der Waals surface area contributed by atoms with Gasteiger partial charge < -0.3 is 37.2 Å². The summed E-state index contributed by atoms with van der Waals surface area (Å²) in [6.07, 6.45) is 10.8. The van der Waals surface area contributed by atoms with Crippen molar-refractivity contribution in [1.82, 2.24) is 0 Å². The number of hydrogen-bond acceptors (Lipinski definition) is 0. The van der Waals surface area contributed by atoms with Gasteiger partial charge in [-0.3, -0.25) is 0 Å². The van der Waals surface area contributed by atoms with Crippen molar-refractivity contribution < 1.29 is 57.7 Å². The van der Waals surface area contributed by atoms with E-state index in [-0.39, 0.29) is 46.4 Å². The van der Waals surface area contributed by atoms with Crippen molar-refractivity contribution in [3.05, 3.63) is 126 Å². The fourth-order valence-electron chi connectivity index (χ4n) is 4.67. The molecular formula is C28H27Cl3Ti. The predicted octanol–water partition coefficient (Wildman–Crippen LogP) is -1.47. The third-order valence-corrected chi connectivity index (χ3v) is 7.31. The van der Waals surface area contributed by atoms with Crippen molar-refractivity contribution in [1.29, 1.82) is 0 Å². The van der Waals surface area contributed by atoms with Gasteiger partial charge in [-0.15, -0.1) is 0 Å². The number of unbranched alkanes of at least 4 members (excludes halogenated alkanes) is 1. The summed E-state index contributed by atoms with van der Waals surface area (Å²) in [6.45, 7) is 2.29. The Labute approximate surface area is 223 Å². The Kier molecular flexibility index (Phi) is 11.5. The molecule has 0 radical (unpaired) electrons. The molecule has 4 rings (SSSR count). The van der Waals surface area contributed by atoms with Crippen LogP contribution in [0.4, 0.5) is 0 Å². The van der Waals surface area contributed by atoms with Crippen molar-refractivity contribution in [2.24, 2.45) is 0 Å². The molecule has 0 saturated carbocycles. The largest absolute Gasteiger partial charge is 1.00 e. The molecule has 0 aliphatic heterocycles. The molecule has 1 atom stereocenters. The average Bonchev–Trinajstić information content (AvgIpc) is 3.20. The summed E-state index contributed by atoms with van der Waals surface area (Å²) in [7, 11) is 0. The van der Waals surface area contributed by atoms with Crippen molar-refractivity contribution in [2.45, 2.75) is 35.3 Å². The van der Waals surface area contributed by atoms with Gasteiger partial charge in [0.1, 0.15) is 0 Å². The average molecular weight is 518 g/mol. The summed E-state index contributed by atoms with van der Waals surface area (Å²) >= 11 is 2.41. The zero-order chi connectivity index (χ0) is 20.2. The number of allylic oxidation sites excluding steroid dienone is 4. The zero-order valence-corrected chi connectivity index (χ0v) is 22.0. The molecule has 3 aromatic carbocycles. The van der Waals surface area contributed by atoms with Gasteiger partial charge in [0.2, 0.25) is 0 Å². The van der Waals surface area contributed by atoms with Crippen molar-refractivity contribution in [3.8, 4) is 0 Å². The molecule has 0 fully saturated rings. The Morgan fingerprint density at radius 2 is 1.19 bits per heavy atom. The summed E-state index contributed by atoms with van der Waals surface area (Å²) < 4.78 is -0.101. The fourth-order valence-corrected chi connectivity index (χ4v) is 5.68. The molecule has 1 unspecified atom stereocenters. The van der Waals surface area contributed by atoms with Crippen LogP contribution in [-0.2, 0) is 25.9 Å². The quantitative estimate of drug-likeness (QED) is 0.336. The van der Waals surface area contributed by atoms with Crippen LogP contribution in [0.15, 0.2) is 109 Å². The smallest absolute Gasteiger partial charge is 1.00 e. The summed E-state index contributed by atoms with van der Waals surface area (Å²) in [6, 6.07) is 33.0. The van der Waals surface area contributed by atoms with Crippen LogP contribution in [0.25, 0.3) is 5.57 Å². The van der Waals surface area contributed by atoms with Crippen LogP contribution >= 0.6 is 0 Å². The molecule has 0 nitrogen and oxygen atoms in total. The molecular weight excluding hydrogens is 491 g/mol. The monoisotopic (exact) mass is 516 g/mol. The van der Waals surface area contributed by atoms with Gasteiger partial charge in [-0.1, -0.05) is 0 Å². The summed E-state index contributed by atoms with van der Waals surface area (Å²) in [4.78, 5) is 0. The van der Waals surface area contributed by atoms with Gasteiger partial charge in [0.05, 0.1) is 0 Å². The van der Waals surface area contributed by atoms with Crippen LogP contribution in [0.2, 0.25) is 3.72 Å². The second kappa shape index (κ2) is 12.8. The maximum Gasteiger partial charge on any atom is -1.00 e.